The van der Waals surface area contributed by atoms with E-state index in [2.05, 4.69) is 10.6 Å². The maximum absolute atomic E-state index is 11.8. The first kappa shape index (κ1) is 15.2. The highest BCUT2D eigenvalue weighted by molar-refractivity contribution is 5.96. The maximum Gasteiger partial charge on any atom is 0.251 e. The van der Waals surface area contributed by atoms with Crippen molar-refractivity contribution >= 4 is 11.8 Å². The van der Waals surface area contributed by atoms with Gasteiger partial charge in [0, 0.05) is 12.1 Å². The zero-order valence-corrected chi connectivity index (χ0v) is 11.3. The van der Waals surface area contributed by atoms with Crippen LogP contribution in [0.5, 0.6) is 0 Å². The molecule has 0 heterocycles. The molecule has 2 amide bonds. The number of hydrogen-bond donors (Lipinski definition) is 3. The van der Waals surface area contributed by atoms with Crippen LogP contribution in [-0.2, 0) is 4.79 Å². The molecule has 5 nitrogen and oxygen atoms in total. The lowest BCUT2D eigenvalue weighted by atomic mass is 10.1. The number of carbonyl (C=O) groups is 2. The molecule has 5 heteroatoms. The van der Waals surface area contributed by atoms with Crippen LogP contribution in [0.1, 0.15) is 29.3 Å². The van der Waals surface area contributed by atoms with Gasteiger partial charge in [0.2, 0.25) is 5.91 Å². The average molecular weight is 264 g/mol. The van der Waals surface area contributed by atoms with E-state index in [0.29, 0.717) is 18.5 Å². The van der Waals surface area contributed by atoms with Crippen molar-refractivity contribution in [2.75, 3.05) is 13.1 Å². The van der Waals surface area contributed by atoms with Crippen LogP contribution in [0.3, 0.4) is 0 Å². The summed E-state index contributed by atoms with van der Waals surface area (Å²) in [6, 6.07) is 7.17. The Kier molecular flexibility index (Phi) is 6.02. The third-order valence-corrected chi connectivity index (χ3v) is 2.57. The van der Waals surface area contributed by atoms with Crippen molar-refractivity contribution in [1.29, 1.82) is 0 Å². The standard InChI is InChI=1S/C14H20N2O3/c1-10-4-3-5-12(8-10)14(19)16-9-13(18)15-7-6-11(2)17/h3-5,8,11,17H,6-7,9H2,1-2H3,(H,15,18)(H,16,19). The van der Waals surface area contributed by atoms with Crippen LogP contribution in [-0.4, -0.2) is 36.1 Å². The number of amides is 2. The number of aliphatic hydroxyl groups excluding tert-OH is 1. The van der Waals surface area contributed by atoms with Crippen LogP contribution in [0, 0.1) is 6.92 Å². The first-order valence-corrected chi connectivity index (χ1v) is 6.28. The molecule has 0 aliphatic carbocycles. The van der Waals surface area contributed by atoms with E-state index in [0.717, 1.165) is 5.56 Å². The molecule has 0 bridgehead atoms. The first-order chi connectivity index (χ1) is 8.99. The second-order valence-corrected chi connectivity index (χ2v) is 4.54. The fourth-order valence-electron chi connectivity index (χ4n) is 1.53. The van der Waals surface area contributed by atoms with Gasteiger partial charge in [0.05, 0.1) is 12.6 Å². The van der Waals surface area contributed by atoms with Crippen LogP contribution in [0.25, 0.3) is 0 Å². The molecule has 0 spiro atoms. The molecule has 1 rings (SSSR count). The van der Waals surface area contributed by atoms with E-state index in [1.54, 1.807) is 25.1 Å². The van der Waals surface area contributed by atoms with E-state index >= 15 is 0 Å². The fourth-order valence-corrected chi connectivity index (χ4v) is 1.53. The maximum atomic E-state index is 11.8. The Morgan fingerprint density at radius 1 is 1.32 bits per heavy atom. The van der Waals surface area contributed by atoms with E-state index in [4.69, 9.17) is 5.11 Å². The number of rotatable bonds is 6. The second-order valence-electron chi connectivity index (χ2n) is 4.54. The van der Waals surface area contributed by atoms with Gasteiger partial charge in [0.25, 0.3) is 5.91 Å². The monoisotopic (exact) mass is 264 g/mol. The first-order valence-electron chi connectivity index (χ1n) is 6.28. The lowest BCUT2D eigenvalue weighted by molar-refractivity contribution is -0.120. The quantitative estimate of drug-likeness (QED) is 0.704. The smallest absolute Gasteiger partial charge is 0.251 e. The van der Waals surface area contributed by atoms with Crippen LogP contribution in [0.15, 0.2) is 24.3 Å². The summed E-state index contributed by atoms with van der Waals surface area (Å²) in [5.74, 6) is -0.531. The lowest BCUT2D eigenvalue weighted by Gasteiger charge is -2.08. The molecule has 104 valence electrons. The number of benzene rings is 1. The summed E-state index contributed by atoms with van der Waals surface area (Å²) in [6.45, 7) is 3.90. The van der Waals surface area contributed by atoms with Crippen molar-refractivity contribution in [3.05, 3.63) is 35.4 Å². The van der Waals surface area contributed by atoms with Gasteiger partial charge in [0.1, 0.15) is 0 Å². The van der Waals surface area contributed by atoms with Gasteiger partial charge in [-0.05, 0) is 32.4 Å². The Morgan fingerprint density at radius 2 is 2.05 bits per heavy atom. The third-order valence-electron chi connectivity index (χ3n) is 2.57. The summed E-state index contributed by atoms with van der Waals surface area (Å²) in [5.41, 5.74) is 1.53. The molecule has 0 saturated heterocycles. The van der Waals surface area contributed by atoms with Crippen molar-refractivity contribution in [3.63, 3.8) is 0 Å². The zero-order chi connectivity index (χ0) is 14.3. The highest BCUT2D eigenvalue weighted by Crippen LogP contribution is 2.03. The molecule has 0 radical (unpaired) electrons. The van der Waals surface area contributed by atoms with Crippen LogP contribution >= 0.6 is 0 Å². The molecule has 1 atom stereocenters. The molecule has 0 aliphatic heterocycles. The number of nitrogens with one attached hydrogen (secondary N) is 2. The highest BCUT2D eigenvalue weighted by atomic mass is 16.3. The van der Waals surface area contributed by atoms with E-state index < -0.39 is 6.10 Å². The Bertz CT molecular complexity index is 444. The number of aliphatic hydroxyl groups is 1. The predicted octanol–water partition coefficient (Wildman–Crippen LogP) is 0.612. The molecule has 1 aromatic rings. The minimum Gasteiger partial charge on any atom is -0.393 e. The summed E-state index contributed by atoms with van der Waals surface area (Å²) < 4.78 is 0. The zero-order valence-electron chi connectivity index (χ0n) is 11.3. The van der Waals surface area contributed by atoms with Gasteiger partial charge in [-0.3, -0.25) is 9.59 Å². The normalized spacial score (nSPS) is 11.7. The van der Waals surface area contributed by atoms with Crippen molar-refractivity contribution < 1.29 is 14.7 Å². The number of hydrogen-bond acceptors (Lipinski definition) is 3. The summed E-state index contributed by atoms with van der Waals surface area (Å²) in [5, 5.41) is 14.2. The van der Waals surface area contributed by atoms with Gasteiger partial charge < -0.3 is 15.7 Å². The minimum atomic E-state index is -0.442. The molecule has 0 aromatic heterocycles. The molecule has 0 saturated carbocycles. The minimum absolute atomic E-state index is 0.0629. The highest BCUT2D eigenvalue weighted by Gasteiger charge is 2.07. The van der Waals surface area contributed by atoms with Crippen molar-refractivity contribution in [1.82, 2.24) is 10.6 Å². The largest absolute Gasteiger partial charge is 0.393 e. The Morgan fingerprint density at radius 3 is 2.68 bits per heavy atom. The van der Waals surface area contributed by atoms with Gasteiger partial charge in [-0.25, -0.2) is 0 Å². The Labute approximate surface area is 113 Å². The van der Waals surface area contributed by atoms with Gasteiger partial charge in [-0.1, -0.05) is 17.7 Å². The van der Waals surface area contributed by atoms with Crippen LogP contribution in [0.2, 0.25) is 0 Å². The van der Waals surface area contributed by atoms with E-state index in [1.807, 2.05) is 13.0 Å². The Balaban J connectivity index is 2.32. The second kappa shape index (κ2) is 7.53. The van der Waals surface area contributed by atoms with E-state index in [1.165, 1.54) is 0 Å². The summed E-state index contributed by atoms with van der Waals surface area (Å²) in [6.07, 6.45) is 0.0552. The van der Waals surface area contributed by atoms with Gasteiger partial charge in [-0.2, -0.15) is 0 Å². The van der Waals surface area contributed by atoms with Gasteiger partial charge in [-0.15, -0.1) is 0 Å². The van der Waals surface area contributed by atoms with E-state index in [9.17, 15) is 9.59 Å². The predicted molar refractivity (Wildman–Crippen MR) is 72.8 cm³/mol. The molecule has 3 N–H and O–H groups in total. The van der Waals surface area contributed by atoms with E-state index in [-0.39, 0.29) is 18.4 Å². The number of carbonyl (C=O) groups excluding carboxylic acids is 2. The Hall–Kier alpha value is -1.88. The molecule has 1 aromatic carbocycles. The van der Waals surface area contributed by atoms with Crippen LogP contribution in [0.4, 0.5) is 0 Å². The molecular formula is C14H20N2O3. The summed E-state index contributed by atoms with van der Waals surface area (Å²) >= 11 is 0. The molecule has 0 fully saturated rings. The van der Waals surface area contributed by atoms with Crippen molar-refractivity contribution in [2.24, 2.45) is 0 Å². The molecule has 1 unspecified atom stereocenters. The van der Waals surface area contributed by atoms with Gasteiger partial charge in [0.15, 0.2) is 0 Å². The fraction of sp³-hybridized carbons (Fsp3) is 0.429. The van der Waals surface area contributed by atoms with Crippen LogP contribution < -0.4 is 10.6 Å². The van der Waals surface area contributed by atoms with Crippen molar-refractivity contribution in [3.8, 4) is 0 Å². The average Bonchev–Trinajstić information content (AvgIpc) is 2.35. The molecular weight excluding hydrogens is 244 g/mol. The van der Waals surface area contributed by atoms with Crippen molar-refractivity contribution in [2.45, 2.75) is 26.4 Å². The lowest BCUT2D eigenvalue weighted by Crippen LogP contribution is -2.37. The summed E-state index contributed by atoms with van der Waals surface area (Å²) in [4.78, 5) is 23.2. The summed E-state index contributed by atoms with van der Waals surface area (Å²) in [7, 11) is 0. The topological polar surface area (TPSA) is 78.4 Å². The SMILES string of the molecule is Cc1cccc(C(=O)NCC(=O)NCCC(C)O)c1. The third kappa shape index (κ3) is 6.01. The molecule has 19 heavy (non-hydrogen) atoms. The number of aryl methyl sites for hydroxylation is 1. The van der Waals surface area contributed by atoms with Gasteiger partial charge >= 0.3 is 0 Å². The molecule has 0 aliphatic rings.